The summed E-state index contributed by atoms with van der Waals surface area (Å²) in [7, 11) is -2.13. The van der Waals surface area contributed by atoms with Crippen LogP contribution in [-0.2, 0) is 14.8 Å². The molecule has 1 aromatic heterocycles. The number of sulfonamides is 1. The van der Waals surface area contributed by atoms with E-state index < -0.39 is 16.1 Å². The molecule has 5 nitrogen and oxygen atoms in total. The van der Waals surface area contributed by atoms with Crippen LogP contribution in [0.2, 0.25) is 0 Å². The van der Waals surface area contributed by atoms with Gasteiger partial charge in [-0.3, -0.25) is 4.79 Å². The molecule has 1 N–H and O–H groups in total. The molecule has 1 aromatic carbocycles. The Balaban J connectivity index is 2.27. The van der Waals surface area contributed by atoms with Crippen LogP contribution in [0.5, 0.6) is 5.75 Å². The summed E-state index contributed by atoms with van der Waals surface area (Å²) in [6.07, 6.45) is 0.0683. The first-order valence-corrected chi connectivity index (χ1v) is 11.2. The van der Waals surface area contributed by atoms with Crippen LogP contribution in [0.25, 0.3) is 0 Å². The van der Waals surface area contributed by atoms with Gasteiger partial charge in [0.15, 0.2) is 5.12 Å². The molecule has 0 unspecified atom stereocenters. The first-order chi connectivity index (χ1) is 12.1. The predicted molar refractivity (Wildman–Crippen MR) is 107 cm³/mol. The SMILES string of the molecule is COc1ccc([C@@H](CC(=O)SC(C)(C)C)NS(=O)(=O)c2cccs2)cc1. The molecule has 0 spiro atoms. The Labute approximate surface area is 163 Å². The summed E-state index contributed by atoms with van der Waals surface area (Å²) < 4.78 is 33.1. The Morgan fingerprint density at radius 1 is 1.23 bits per heavy atom. The number of thioether (sulfide) groups is 1. The van der Waals surface area contributed by atoms with Gasteiger partial charge in [-0.2, -0.15) is 0 Å². The Kier molecular flexibility index (Phi) is 6.90. The maximum absolute atomic E-state index is 12.6. The van der Waals surface area contributed by atoms with Crippen molar-refractivity contribution in [3.63, 3.8) is 0 Å². The topological polar surface area (TPSA) is 72.5 Å². The third-order valence-electron chi connectivity index (χ3n) is 3.37. The second-order valence-electron chi connectivity index (χ2n) is 6.67. The second kappa shape index (κ2) is 8.56. The lowest BCUT2D eigenvalue weighted by atomic mass is 10.1. The molecule has 26 heavy (non-hydrogen) atoms. The van der Waals surface area contributed by atoms with E-state index in [1.54, 1.807) is 48.9 Å². The van der Waals surface area contributed by atoms with Crippen molar-refractivity contribution in [2.24, 2.45) is 0 Å². The molecule has 2 aromatic rings. The van der Waals surface area contributed by atoms with Crippen LogP contribution in [0, 0.1) is 0 Å². The van der Waals surface area contributed by atoms with Gasteiger partial charge < -0.3 is 4.74 Å². The van der Waals surface area contributed by atoms with E-state index >= 15 is 0 Å². The number of benzene rings is 1. The molecule has 1 atom stereocenters. The van der Waals surface area contributed by atoms with Gasteiger partial charge >= 0.3 is 0 Å². The Hall–Kier alpha value is -1.35. The molecule has 142 valence electrons. The fourth-order valence-electron chi connectivity index (χ4n) is 2.28. The van der Waals surface area contributed by atoms with Gasteiger partial charge in [0.05, 0.1) is 13.2 Å². The number of methoxy groups -OCH3 is 1. The number of nitrogens with one attached hydrogen (secondary N) is 1. The Morgan fingerprint density at radius 2 is 1.88 bits per heavy atom. The van der Waals surface area contributed by atoms with Crippen LogP contribution in [0.4, 0.5) is 0 Å². The molecule has 0 aliphatic carbocycles. The standard InChI is InChI=1S/C18H23NO4S3/c1-18(2,3)25-16(20)12-15(13-7-9-14(23-4)10-8-13)19-26(21,22)17-6-5-11-24-17/h5-11,15,19H,12H2,1-4H3/t15-/m1/s1. The lowest BCUT2D eigenvalue weighted by Gasteiger charge is -2.21. The number of carbonyl (C=O) groups is 1. The van der Waals surface area contributed by atoms with Gasteiger partial charge in [-0.05, 0) is 29.1 Å². The molecule has 0 amide bonds. The number of ether oxygens (including phenoxy) is 1. The lowest BCUT2D eigenvalue weighted by Crippen LogP contribution is -2.30. The molecule has 0 bridgehead atoms. The van der Waals surface area contributed by atoms with Crippen molar-refractivity contribution >= 4 is 38.2 Å². The minimum absolute atomic E-state index is 0.0628. The molecule has 0 radical (unpaired) electrons. The van der Waals surface area contributed by atoms with Crippen molar-refractivity contribution in [3.05, 3.63) is 47.3 Å². The van der Waals surface area contributed by atoms with Gasteiger partial charge in [0, 0.05) is 11.2 Å². The zero-order valence-electron chi connectivity index (χ0n) is 15.2. The van der Waals surface area contributed by atoms with Crippen LogP contribution < -0.4 is 9.46 Å². The van der Waals surface area contributed by atoms with E-state index in [2.05, 4.69) is 4.72 Å². The highest BCUT2D eigenvalue weighted by Crippen LogP contribution is 2.30. The Bertz CT molecular complexity index is 822. The van der Waals surface area contributed by atoms with Gasteiger partial charge in [-0.25, -0.2) is 13.1 Å². The van der Waals surface area contributed by atoms with Gasteiger partial charge in [-0.1, -0.05) is 50.7 Å². The molecule has 2 rings (SSSR count). The normalized spacial score (nSPS) is 13.4. The second-order valence-corrected chi connectivity index (χ2v) is 11.4. The fraction of sp³-hybridized carbons (Fsp3) is 0.389. The van der Waals surface area contributed by atoms with Gasteiger partial charge in [0.1, 0.15) is 9.96 Å². The quantitative estimate of drug-likeness (QED) is 0.736. The highest BCUT2D eigenvalue weighted by atomic mass is 32.2. The van der Waals surface area contributed by atoms with Crippen molar-refractivity contribution in [1.82, 2.24) is 4.72 Å². The van der Waals surface area contributed by atoms with E-state index in [4.69, 9.17) is 4.74 Å². The monoisotopic (exact) mass is 413 g/mol. The number of hydrogen-bond acceptors (Lipinski definition) is 6. The van der Waals surface area contributed by atoms with E-state index in [0.717, 1.165) is 11.3 Å². The van der Waals surface area contributed by atoms with Crippen LogP contribution in [-0.4, -0.2) is 25.4 Å². The molecule has 0 saturated heterocycles. The van der Waals surface area contributed by atoms with Crippen LogP contribution in [0.1, 0.15) is 38.8 Å². The van der Waals surface area contributed by atoms with Crippen LogP contribution >= 0.6 is 23.1 Å². The summed E-state index contributed by atoms with van der Waals surface area (Å²) in [6.45, 7) is 5.86. The maximum Gasteiger partial charge on any atom is 0.250 e. The zero-order chi connectivity index (χ0) is 19.4. The van der Waals surface area contributed by atoms with Crippen molar-refractivity contribution in [3.8, 4) is 5.75 Å². The summed E-state index contributed by atoms with van der Waals surface area (Å²) in [4.78, 5) is 12.4. The number of rotatable bonds is 7. The summed E-state index contributed by atoms with van der Waals surface area (Å²) >= 11 is 2.36. The van der Waals surface area contributed by atoms with Gasteiger partial charge in [-0.15, -0.1) is 11.3 Å². The van der Waals surface area contributed by atoms with Crippen molar-refractivity contribution in [2.45, 2.75) is 42.2 Å². The number of carbonyl (C=O) groups excluding carboxylic acids is 1. The van der Waals surface area contributed by atoms with Crippen molar-refractivity contribution < 1.29 is 17.9 Å². The third kappa shape index (κ3) is 6.12. The molecule has 0 saturated carbocycles. The average Bonchev–Trinajstić information content (AvgIpc) is 3.08. The smallest absolute Gasteiger partial charge is 0.250 e. The summed E-state index contributed by atoms with van der Waals surface area (Å²) in [5.41, 5.74) is 0.716. The minimum Gasteiger partial charge on any atom is -0.497 e. The molecular formula is C18H23NO4S3. The average molecular weight is 414 g/mol. The third-order valence-corrected chi connectivity index (χ3v) is 7.24. The van der Waals surface area contributed by atoms with E-state index in [9.17, 15) is 13.2 Å². The van der Waals surface area contributed by atoms with Gasteiger partial charge in [0.2, 0.25) is 0 Å². The molecule has 0 aliphatic rings. The van der Waals surface area contributed by atoms with E-state index in [1.165, 1.54) is 11.8 Å². The highest BCUT2D eigenvalue weighted by Gasteiger charge is 2.26. The Morgan fingerprint density at radius 3 is 2.38 bits per heavy atom. The minimum atomic E-state index is -3.69. The molecule has 0 fully saturated rings. The highest BCUT2D eigenvalue weighted by molar-refractivity contribution is 8.14. The van der Waals surface area contributed by atoms with E-state index in [0.29, 0.717) is 11.3 Å². The van der Waals surface area contributed by atoms with E-state index in [-0.39, 0.29) is 20.5 Å². The van der Waals surface area contributed by atoms with Crippen molar-refractivity contribution in [2.75, 3.05) is 7.11 Å². The molecule has 1 heterocycles. The van der Waals surface area contributed by atoms with Crippen LogP contribution in [0.3, 0.4) is 0 Å². The molecular weight excluding hydrogens is 390 g/mol. The summed E-state index contributed by atoms with van der Waals surface area (Å²) in [5.74, 6) is 0.670. The number of hydrogen-bond donors (Lipinski definition) is 1. The summed E-state index contributed by atoms with van der Waals surface area (Å²) in [5, 5.41) is 1.64. The molecule has 0 aliphatic heterocycles. The van der Waals surface area contributed by atoms with Gasteiger partial charge in [0.25, 0.3) is 10.0 Å². The lowest BCUT2D eigenvalue weighted by molar-refractivity contribution is -0.111. The fourth-order valence-corrected chi connectivity index (χ4v) is 5.44. The first kappa shape index (κ1) is 21.0. The first-order valence-electron chi connectivity index (χ1n) is 8.02. The largest absolute Gasteiger partial charge is 0.497 e. The number of thiophene rings is 1. The summed E-state index contributed by atoms with van der Waals surface area (Å²) in [6, 6.07) is 9.64. The predicted octanol–water partition coefficient (Wildman–Crippen LogP) is 4.22. The zero-order valence-corrected chi connectivity index (χ0v) is 17.6. The van der Waals surface area contributed by atoms with Crippen molar-refractivity contribution in [1.29, 1.82) is 0 Å². The van der Waals surface area contributed by atoms with Crippen LogP contribution in [0.15, 0.2) is 46.0 Å². The van der Waals surface area contributed by atoms with E-state index in [1.807, 2.05) is 20.8 Å². The maximum atomic E-state index is 12.6. The molecule has 8 heteroatoms.